The predicted molar refractivity (Wildman–Crippen MR) is 105 cm³/mol. The first-order valence-corrected chi connectivity index (χ1v) is 11.5. The number of hydrogen-bond donors (Lipinski definition) is 3. The molecule has 10 heteroatoms. The first kappa shape index (κ1) is 21.9. The zero-order valence-corrected chi connectivity index (χ0v) is 17.0. The van der Waals surface area contributed by atoms with Crippen LogP contribution in [0.4, 0.5) is 0 Å². The zero-order valence-electron chi connectivity index (χ0n) is 16.2. The molecule has 2 fully saturated rings. The van der Waals surface area contributed by atoms with Crippen LogP contribution in [0.25, 0.3) is 0 Å². The van der Waals surface area contributed by atoms with Crippen LogP contribution in [0.1, 0.15) is 39.0 Å². The maximum absolute atomic E-state index is 12.1. The molecule has 0 saturated carbocycles. The molecule has 0 aromatic heterocycles. The fraction of sp³-hybridized carbons (Fsp3) is 0.882. The Morgan fingerprint density at radius 3 is 2.63 bits per heavy atom. The average Bonchev–Trinajstić information content (AvgIpc) is 3.20. The largest absolute Gasteiger partial charge is 0.377 e. The summed E-state index contributed by atoms with van der Waals surface area (Å²) in [4.78, 5) is 18.1. The van der Waals surface area contributed by atoms with Crippen molar-refractivity contribution >= 4 is 21.9 Å². The minimum atomic E-state index is -3.39. The van der Waals surface area contributed by atoms with E-state index in [4.69, 9.17) is 4.74 Å². The van der Waals surface area contributed by atoms with Gasteiger partial charge in [0.1, 0.15) is 6.54 Å². The van der Waals surface area contributed by atoms with E-state index in [1.807, 2.05) is 11.8 Å². The number of nitrogens with one attached hydrogen (secondary N) is 3. The van der Waals surface area contributed by atoms with E-state index in [0.29, 0.717) is 25.7 Å². The Morgan fingerprint density at radius 1 is 1.19 bits per heavy atom. The van der Waals surface area contributed by atoms with Gasteiger partial charge in [-0.2, -0.15) is 0 Å². The van der Waals surface area contributed by atoms with E-state index in [1.54, 1.807) is 0 Å². The molecule has 2 heterocycles. The molecule has 1 amide bonds. The lowest BCUT2D eigenvalue weighted by Gasteiger charge is -2.22. The molecule has 0 aromatic rings. The number of likely N-dealkylation sites (tertiary alicyclic amines) is 1. The van der Waals surface area contributed by atoms with Crippen LogP contribution < -0.4 is 15.4 Å². The Bertz CT molecular complexity index is 584. The van der Waals surface area contributed by atoms with Crippen LogP contribution in [0.2, 0.25) is 0 Å². The molecule has 0 aliphatic carbocycles. The molecule has 9 nitrogen and oxygen atoms in total. The van der Waals surface area contributed by atoms with Gasteiger partial charge in [-0.3, -0.25) is 4.79 Å². The fourth-order valence-electron chi connectivity index (χ4n) is 3.12. The molecule has 2 rings (SSSR count). The summed E-state index contributed by atoms with van der Waals surface area (Å²) < 4.78 is 32.4. The Labute approximate surface area is 162 Å². The molecule has 27 heavy (non-hydrogen) atoms. The molecule has 1 atom stereocenters. The first-order valence-electron chi connectivity index (χ1n) is 9.89. The molecule has 3 N–H and O–H groups in total. The molecule has 156 valence electrons. The van der Waals surface area contributed by atoms with E-state index >= 15 is 0 Å². The Hall–Kier alpha value is -1.39. The predicted octanol–water partition coefficient (Wildman–Crippen LogP) is -0.348. The van der Waals surface area contributed by atoms with Crippen LogP contribution in [0.3, 0.4) is 0 Å². The molecule has 2 aliphatic rings. The van der Waals surface area contributed by atoms with Crippen molar-refractivity contribution in [1.82, 2.24) is 20.3 Å². The summed E-state index contributed by atoms with van der Waals surface area (Å²) in [6, 6.07) is 0. The number of hydrogen-bond acceptors (Lipinski definition) is 5. The van der Waals surface area contributed by atoms with E-state index in [1.165, 1.54) is 0 Å². The van der Waals surface area contributed by atoms with Gasteiger partial charge in [0.25, 0.3) is 0 Å². The number of sulfonamides is 1. The highest BCUT2D eigenvalue weighted by atomic mass is 32.2. The molecule has 0 bridgehead atoms. The minimum Gasteiger partial charge on any atom is -0.377 e. The van der Waals surface area contributed by atoms with Gasteiger partial charge in [-0.25, -0.2) is 18.1 Å². The summed E-state index contributed by atoms with van der Waals surface area (Å²) in [5.74, 6) is 0.395. The summed E-state index contributed by atoms with van der Waals surface area (Å²) in [5.41, 5.74) is 0. The SMILES string of the molecule is CCNC(=NCC(=O)N1CCCC1)NCCS(=O)(=O)NCC1CCCCO1. The van der Waals surface area contributed by atoms with Crippen molar-refractivity contribution in [2.24, 2.45) is 4.99 Å². The van der Waals surface area contributed by atoms with E-state index in [2.05, 4.69) is 20.3 Å². The molecule has 0 aromatic carbocycles. The van der Waals surface area contributed by atoms with Gasteiger partial charge in [0.2, 0.25) is 15.9 Å². The van der Waals surface area contributed by atoms with Gasteiger partial charge in [0.15, 0.2) is 5.96 Å². The van der Waals surface area contributed by atoms with Crippen LogP contribution in [-0.2, 0) is 19.6 Å². The van der Waals surface area contributed by atoms with Gasteiger partial charge >= 0.3 is 0 Å². The summed E-state index contributed by atoms with van der Waals surface area (Å²) in [6.45, 7) is 5.45. The normalized spacial score (nSPS) is 21.3. The van der Waals surface area contributed by atoms with Crippen molar-refractivity contribution in [3.63, 3.8) is 0 Å². The second-order valence-corrected chi connectivity index (χ2v) is 8.79. The van der Waals surface area contributed by atoms with Crippen LogP contribution in [0.5, 0.6) is 0 Å². The van der Waals surface area contributed by atoms with Crippen LogP contribution in [0, 0.1) is 0 Å². The molecule has 2 aliphatic heterocycles. The average molecular weight is 404 g/mol. The maximum atomic E-state index is 12.1. The summed E-state index contributed by atoms with van der Waals surface area (Å²) in [6.07, 6.45) is 5.07. The Morgan fingerprint density at radius 2 is 1.96 bits per heavy atom. The number of aliphatic imine (C=N–C) groups is 1. The lowest BCUT2D eigenvalue weighted by atomic mass is 10.1. The van der Waals surface area contributed by atoms with Crippen LogP contribution in [0.15, 0.2) is 4.99 Å². The Balaban J connectivity index is 1.71. The number of carbonyl (C=O) groups is 1. The second-order valence-electron chi connectivity index (χ2n) is 6.87. The van der Waals surface area contributed by atoms with Crippen molar-refractivity contribution < 1.29 is 17.9 Å². The Kier molecular flexibility index (Phi) is 9.29. The van der Waals surface area contributed by atoms with Gasteiger partial charge in [-0.05, 0) is 39.0 Å². The smallest absolute Gasteiger partial charge is 0.244 e. The van der Waals surface area contributed by atoms with Crippen molar-refractivity contribution in [1.29, 1.82) is 0 Å². The van der Waals surface area contributed by atoms with E-state index in [9.17, 15) is 13.2 Å². The number of ether oxygens (including phenoxy) is 1. The monoisotopic (exact) mass is 403 g/mol. The lowest BCUT2D eigenvalue weighted by Crippen LogP contribution is -2.43. The third kappa shape index (κ3) is 8.44. The van der Waals surface area contributed by atoms with E-state index in [0.717, 1.165) is 45.2 Å². The quantitative estimate of drug-likeness (QED) is 0.358. The number of carbonyl (C=O) groups excluding carboxylic acids is 1. The third-order valence-electron chi connectivity index (χ3n) is 4.64. The first-order chi connectivity index (χ1) is 13.0. The number of nitrogens with zero attached hydrogens (tertiary/aromatic N) is 2. The van der Waals surface area contributed by atoms with Crippen LogP contribution in [-0.4, -0.2) is 82.9 Å². The van der Waals surface area contributed by atoms with Crippen molar-refractivity contribution in [3.05, 3.63) is 0 Å². The lowest BCUT2D eigenvalue weighted by molar-refractivity contribution is -0.128. The van der Waals surface area contributed by atoms with Crippen molar-refractivity contribution in [2.75, 3.05) is 51.6 Å². The van der Waals surface area contributed by atoms with Gasteiger partial charge in [0.05, 0.1) is 11.9 Å². The van der Waals surface area contributed by atoms with Gasteiger partial charge in [-0.15, -0.1) is 0 Å². The number of rotatable bonds is 9. The topological polar surface area (TPSA) is 112 Å². The molecular formula is C17H33N5O4S. The molecule has 1 unspecified atom stereocenters. The molecule has 0 radical (unpaired) electrons. The second kappa shape index (κ2) is 11.5. The highest BCUT2D eigenvalue weighted by molar-refractivity contribution is 7.89. The summed E-state index contributed by atoms with van der Waals surface area (Å²) in [7, 11) is -3.39. The summed E-state index contributed by atoms with van der Waals surface area (Å²) >= 11 is 0. The van der Waals surface area contributed by atoms with Crippen LogP contribution >= 0.6 is 0 Å². The number of amides is 1. The van der Waals surface area contributed by atoms with Crippen molar-refractivity contribution in [3.8, 4) is 0 Å². The summed E-state index contributed by atoms with van der Waals surface area (Å²) in [5, 5.41) is 6.01. The third-order valence-corrected chi connectivity index (χ3v) is 5.99. The highest BCUT2D eigenvalue weighted by Crippen LogP contribution is 2.11. The van der Waals surface area contributed by atoms with Gasteiger partial charge in [-0.1, -0.05) is 0 Å². The van der Waals surface area contributed by atoms with Gasteiger partial charge in [0, 0.05) is 39.3 Å². The standard InChI is InChI=1S/C17H33N5O4S/c1-2-18-17(20-14-16(23)22-9-4-5-10-22)19-8-12-27(24,25)21-13-15-7-3-6-11-26-15/h15,21H,2-14H2,1H3,(H2,18,19,20). The van der Waals surface area contributed by atoms with Crippen molar-refractivity contribution in [2.45, 2.75) is 45.1 Å². The molecule has 2 saturated heterocycles. The number of guanidine groups is 1. The van der Waals surface area contributed by atoms with E-state index in [-0.39, 0.29) is 30.9 Å². The zero-order chi connectivity index (χ0) is 19.5. The van der Waals surface area contributed by atoms with E-state index < -0.39 is 10.0 Å². The fourth-order valence-corrected chi connectivity index (χ4v) is 4.07. The molecular weight excluding hydrogens is 370 g/mol. The molecule has 0 spiro atoms. The van der Waals surface area contributed by atoms with Gasteiger partial charge < -0.3 is 20.3 Å². The minimum absolute atomic E-state index is 0.00599. The highest BCUT2D eigenvalue weighted by Gasteiger charge is 2.19. The maximum Gasteiger partial charge on any atom is 0.244 e.